The van der Waals surface area contributed by atoms with Gasteiger partial charge in [-0.2, -0.15) is 13.2 Å². The van der Waals surface area contributed by atoms with Gasteiger partial charge in [0, 0.05) is 29.4 Å². The fourth-order valence-electron chi connectivity index (χ4n) is 5.14. The van der Waals surface area contributed by atoms with E-state index in [0.29, 0.717) is 34.6 Å². The van der Waals surface area contributed by atoms with Gasteiger partial charge in [0.05, 0.1) is 17.0 Å². The van der Waals surface area contributed by atoms with Gasteiger partial charge in [-0.3, -0.25) is 4.79 Å². The zero-order valence-corrected chi connectivity index (χ0v) is 20.7. The van der Waals surface area contributed by atoms with Crippen LogP contribution in [0.25, 0.3) is 11.0 Å². The molecule has 3 aromatic rings. The number of nitrogens with zero attached hydrogens (tertiary/aromatic N) is 1. The number of carboxylic acid groups (broad SMARTS) is 2. The number of alkyl halides is 3. The average molecular weight is 533 g/mol. The molecule has 0 amide bonds. The summed E-state index contributed by atoms with van der Waals surface area (Å²) < 4.78 is 38.1. The van der Waals surface area contributed by atoms with Crippen molar-refractivity contribution in [2.45, 2.75) is 63.8 Å². The molecule has 2 aliphatic rings. The Kier molecular flexibility index (Phi) is 7.39. The van der Waals surface area contributed by atoms with Crippen LogP contribution in [-0.2, 0) is 4.79 Å². The Hall–Kier alpha value is -4.02. The SMILES string of the molecule is Cc1cc(C(C)Nc2ccccc2C(=O)O)c2oc(N3C4CCCC3C4)cc(=O)c2c1.O=C(O)C(F)(F)F. The van der Waals surface area contributed by atoms with E-state index in [9.17, 15) is 27.9 Å². The highest BCUT2D eigenvalue weighted by Crippen LogP contribution is 2.42. The summed E-state index contributed by atoms with van der Waals surface area (Å²) in [6.07, 6.45) is -0.393. The van der Waals surface area contributed by atoms with Crippen molar-refractivity contribution in [1.29, 1.82) is 0 Å². The third-order valence-corrected chi connectivity index (χ3v) is 6.89. The molecule has 8 nitrogen and oxygen atoms in total. The number of aryl methyl sites for hydroxylation is 1. The number of aromatic carboxylic acids is 1. The predicted molar refractivity (Wildman–Crippen MR) is 135 cm³/mol. The lowest BCUT2D eigenvalue weighted by Gasteiger charge is -2.53. The Morgan fingerprint density at radius 2 is 1.74 bits per heavy atom. The Morgan fingerprint density at radius 1 is 1.11 bits per heavy atom. The summed E-state index contributed by atoms with van der Waals surface area (Å²) in [4.78, 5) is 35.8. The van der Waals surface area contributed by atoms with Crippen molar-refractivity contribution in [1.82, 2.24) is 0 Å². The summed E-state index contributed by atoms with van der Waals surface area (Å²) in [6.45, 7) is 3.91. The minimum absolute atomic E-state index is 0.0377. The number of carbonyl (C=O) groups is 2. The number of aliphatic carboxylic acids is 1. The molecule has 0 saturated carbocycles. The molecule has 2 bridgehead atoms. The Labute approximate surface area is 215 Å². The van der Waals surface area contributed by atoms with Gasteiger partial charge in [-0.25, -0.2) is 9.59 Å². The molecular weight excluding hydrogens is 505 g/mol. The minimum atomic E-state index is -5.08. The third kappa shape index (κ3) is 5.46. The standard InChI is InChI=1S/C25H26N2O4.C2HF3O2/c1-14-10-19(15(2)26-21-9-4-3-8-18(21)25(29)30)24-20(11-14)22(28)13-23(31-24)27-16-6-5-7-17(27)12-16;3-2(4,5)1(6)7/h3-4,8-11,13,15-17,26H,5-7,12H2,1-2H3,(H,29,30);(H,6,7). The van der Waals surface area contributed by atoms with Crippen LogP contribution in [0.5, 0.6) is 0 Å². The number of fused-ring (bicyclic) bond motifs is 3. The molecule has 11 heteroatoms. The zero-order valence-electron chi connectivity index (χ0n) is 20.7. The zero-order chi connectivity index (χ0) is 27.8. The molecule has 0 spiro atoms. The normalized spacial score (nSPS) is 19.1. The molecular formula is C27H27F3N2O6. The monoisotopic (exact) mass is 532 g/mol. The summed E-state index contributed by atoms with van der Waals surface area (Å²) in [6, 6.07) is 13.0. The molecule has 3 atom stereocenters. The number of anilines is 2. The van der Waals surface area contributed by atoms with Crippen molar-refractivity contribution >= 4 is 34.5 Å². The molecule has 38 heavy (non-hydrogen) atoms. The first kappa shape index (κ1) is 27.0. The van der Waals surface area contributed by atoms with Crippen LogP contribution in [0.2, 0.25) is 0 Å². The molecule has 0 radical (unpaired) electrons. The van der Waals surface area contributed by atoms with E-state index in [1.165, 1.54) is 12.8 Å². The van der Waals surface area contributed by atoms with Crippen molar-refractivity contribution in [3.8, 4) is 0 Å². The van der Waals surface area contributed by atoms with Gasteiger partial charge in [-0.05, 0) is 63.3 Å². The molecule has 3 unspecified atom stereocenters. The molecule has 3 heterocycles. The number of carboxylic acids is 2. The van der Waals surface area contributed by atoms with Gasteiger partial charge < -0.3 is 24.8 Å². The van der Waals surface area contributed by atoms with Crippen molar-refractivity contribution < 1.29 is 37.4 Å². The summed E-state index contributed by atoms with van der Waals surface area (Å²) in [7, 11) is 0. The number of para-hydroxylation sites is 1. The molecule has 3 N–H and O–H groups in total. The highest BCUT2D eigenvalue weighted by Gasteiger charge is 2.43. The first-order chi connectivity index (χ1) is 17.9. The van der Waals surface area contributed by atoms with Crippen LogP contribution in [0.3, 0.4) is 0 Å². The number of halogens is 3. The summed E-state index contributed by atoms with van der Waals surface area (Å²) in [5.41, 5.74) is 3.09. The number of nitrogens with one attached hydrogen (secondary N) is 1. The number of piperidine rings is 1. The van der Waals surface area contributed by atoms with Crippen LogP contribution >= 0.6 is 0 Å². The van der Waals surface area contributed by atoms with Crippen LogP contribution in [0, 0.1) is 6.92 Å². The largest absolute Gasteiger partial charge is 0.490 e. The van der Waals surface area contributed by atoms with Gasteiger partial charge in [0.1, 0.15) is 5.58 Å². The number of rotatable bonds is 5. The average Bonchev–Trinajstić information content (AvgIpc) is 2.84. The number of hydrogen-bond acceptors (Lipinski definition) is 6. The Bertz CT molecular complexity index is 1420. The third-order valence-electron chi connectivity index (χ3n) is 6.89. The van der Waals surface area contributed by atoms with Gasteiger partial charge >= 0.3 is 18.1 Å². The summed E-state index contributed by atoms with van der Waals surface area (Å²) in [5.74, 6) is -3.09. The lowest BCUT2D eigenvalue weighted by atomic mass is 9.80. The van der Waals surface area contributed by atoms with E-state index in [1.807, 2.05) is 26.0 Å². The van der Waals surface area contributed by atoms with Gasteiger partial charge in [-0.1, -0.05) is 18.2 Å². The maximum atomic E-state index is 13.0. The van der Waals surface area contributed by atoms with Gasteiger partial charge in [0.15, 0.2) is 5.43 Å². The highest BCUT2D eigenvalue weighted by atomic mass is 19.4. The molecule has 2 aliphatic heterocycles. The van der Waals surface area contributed by atoms with Crippen LogP contribution in [0.4, 0.5) is 24.7 Å². The van der Waals surface area contributed by atoms with Crippen LogP contribution < -0.4 is 15.6 Å². The van der Waals surface area contributed by atoms with Crippen LogP contribution in [0.15, 0.2) is 51.7 Å². The van der Waals surface area contributed by atoms with Crippen molar-refractivity contribution in [2.24, 2.45) is 0 Å². The Balaban J connectivity index is 0.000000426. The molecule has 5 rings (SSSR count). The van der Waals surface area contributed by atoms with Crippen molar-refractivity contribution in [2.75, 3.05) is 10.2 Å². The van der Waals surface area contributed by atoms with E-state index < -0.39 is 18.1 Å². The van der Waals surface area contributed by atoms with Crippen LogP contribution in [0.1, 0.15) is 60.1 Å². The second-order valence-corrected chi connectivity index (χ2v) is 9.58. The van der Waals surface area contributed by atoms with Crippen LogP contribution in [-0.4, -0.2) is 40.4 Å². The van der Waals surface area contributed by atoms with E-state index in [4.69, 9.17) is 14.3 Å². The predicted octanol–water partition coefficient (Wildman–Crippen LogP) is 5.74. The number of hydrogen-bond donors (Lipinski definition) is 3. The summed E-state index contributed by atoms with van der Waals surface area (Å²) >= 11 is 0. The molecule has 0 aliphatic carbocycles. The van der Waals surface area contributed by atoms with E-state index in [1.54, 1.807) is 30.3 Å². The van der Waals surface area contributed by atoms with Gasteiger partial charge in [-0.15, -0.1) is 0 Å². The highest BCUT2D eigenvalue weighted by molar-refractivity contribution is 5.94. The molecule has 202 valence electrons. The van der Waals surface area contributed by atoms with Crippen molar-refractivity contribution in [3.63, 3.8) is 0 Å². The van der Waals surface area contributed by atoms with E-state index in [2.05, 4.69) is 10.2 Å². The quantitative estimate of drug-likeness (QED) is 0.381. The maximum Gasteiger partial charge on any atom is 0.490 e. The van der Waals surface area contributed by atoms with E-state index in [-0.39, 0.29) is 17.0 Å². The first-order valence-electron chi connectivity index (χ1n) is 12.1. The molecule has 1 aromatic heterocycles. The van der Waals surface area contributed by atoms with E-state index >= 15 is 0 Å². The van der Waals surface area contributed by atoms with Gasteiger partial charge in [0.2, 0.25) is 5.88 Å². The second-order valence-electron chi connectivity index (χ2n) is 9.58. The fourth-order valence-corrected chi connectivity index (χ4v) is 5.14. The molecule has 2 aromatic carbocycles. The lowest BCUT2D eigenvalue weighted by Crippen LogP contribution is -2.59. The maximum absolute atomic E-state index is 13.0. The fraction of sp³-hybridized carbons (Fsp3) is 0.370. The topological polar surface area (TPSA) is 120 Å². The first-order valence-corrected chi connectivity index (χ1v) is 12.1. The van der Waals surface area contributed by atoms with Crippen molar-refractivity contribution in [3.05, 3.63) is 69.4 Å². The van der Waals surface area contributed by atoms with E-state index in [0.717, 1.165) is 24.0 Å². The smallest absolute Gasteiger partial charge is 0.478 e. The van der Waals surface area contributed by atoms with Gasteiger partial charge in [0.25, 0.3) is 0 Å². The lowest BCUT2D eigenvalue weighted by molar-refractivity contribution is -0.192. The molecule has 2 saturated heterocycles. The number of benzene rings is 2. The summed E-state index contributed by atoms with van der Waals surface area (Å²) in [5, 5.41) is 20.5. The second kappa shape index (κ2) is 10.4. The molecule has 2 fully saturated rings. The minimum Gasteiger partial charge on any atom is -0.478 e. The Morgan fingerprint density at radius 3 is 2.32 bits per heavy atom.